The van der Waals surface area contributed by atoms with Crippen molar-refractivity contribution in [1.29, 1.82) is 0 Å². The number of nitrogens with zero attached hydrogens (tertiary/aromatic N) is 7. The molecule has 0 bridgehead atoms. The molecule has 1 aliphatic heterocycles. The van der Waals surface area contributed by atoms with Crippen LogP contribution in [0, 0.1) is 5.92 Å². The Labute approximate surface area is 151 Å². The summed E-state index contributed by atoms with van der Waals surface area (Å²) in [6.45, 7) is 8.61. The zero-order valence-corrected chi connectivity index (χ0v) is 15.5. The topological polar surface area (TPSA) is 81.7 Å². The lowest BCUT2D eigenvalue weighted by Gasteiger charge is -2.40. The Morgan fingerprint density at radius 3 is 2.69 bits per heavy atom. The second kappa shape index (κ2) is 5.89. The SMILES string of the molecule is Cn1ncc2c(N3CC(Cn4nc(C(C)(C)C)ccc4=O)C3)ncnc21. The molecule has 8 nitrogen and oxygen atoms in total. The van der Waals surface area contributed by atoms with Crippen LogP contribution in [0.2, 0.25) is 0 Å². The predicted molar refractivity (Wildman–Crippen MR) is 99.2 cm³/mol. The molecule has 4 heterocycles. The van der Waals surface area contributed by atoms with Crippen LogP contribution in [-0.2, 0) is 19.0 Å². The molecule has 3 aromatic heterocycles. The molecule has 1 aliphatic rings. The largest absolute Gasteiger partial charge is 0.355 e. The fraction of sp³-hybridized carbons (Fsp3) is 0.500. The van der Waals surface area contributed by atoms with E-state index in [9.17, 15) is 4.79 Å². The normalized spacial score (nSPS) is 15.5. The molecule has 0 aromatic carbocycles. The lowest BCUT2D eigenvalue weighted by atomic mass is 9.92. The fourth-order valence-electron chi connectivity index (χ4n) is 3.28. The molecule has 0 amide bonds. The van der Waals surface area contributed by atoms with Gasteiger partial charge in [0.05, 0.1) is 23.8 Å². The van der Waals surface area contributed by atoms with Gasteiger partial charge in [0.15, 0.2) is 5.65 Å². The summed E-state index contributed by atoms with van der Waals surface area (Å²) in [5.41, 5.74) is 1.64. The van der Waals surface area contributed by atoms with Crippen molar-refractivity contribution in [2.75, 3.05) is 18.0 Å². The highest BCUT2D eigenvalue weighted by Gasteiger charge is 2.30. The number of aromatic nitrogens is 6. The Morgan fingerprint density at radius 1 is 1.19 bits per heavy atom. The maximum atomic E-state index is 12.2. The van der Waals surface area contributed by atoms with Gasteiger partial charge in [-0.25, -0.2) is 14.6 Å². The summed E-state index contributed by atoms with van der Waals surface area (Å²) in [6, 6.07) is 3.44. The van der Waals surface area contributed by atoms with E-state index in [1.165, 1.54) is 0 Å². The summed E-state index contributed by atoms with van der Waals surface area (Å²) in [5, 5.41) is 9.78. The lowest BCUT2D eigenvalue weighted by Crippen LogP contribution is -2.50. The zero-order valence-electron chi connectivity index (χ0n) is 15.5. The number of anilines is 1. The third-order valence-electron chi connectivity index (χ3n) is 4.83. The van der Waals surface area contributed by atoms with Crippen LogP contribution in [0.15, 0.2) is 29.5 Å². The maximum absolute atomic E-state index is 12.2. The number of aryl methyl sites for hydroxylation is 1. The van der Waals surface area contributed by atoms with Gasteiger partial charge in [0.25, 0.3) is 5.56 Å². The zero-order chi connectivity index (χ0) is 18.5. The van der Waals surface area contributed by atoms with Gasteiger partial charge >= 0.3 is 0 Å². The monoisotopic (exact) mass is 353 g/mol. The summed E-state index contributed by atoms with van der Waals surface area (Å²) in [7, 11) is 1.87. The molecular formula is C18H23N7O. The first-order valence-corrected chi connectivity index (χ1v) is 8.79. The van der Waals surface area contributed by atoms with Crippen molar-refractivity contribution in [3.8, 4) is 0 Å². The van der Waals surface area contributed by atoms with Crippen LogP contribution in [0.5, 0.6) is 0 Å². The average molecular weight is 353 g/mol. The van der Waals surface area contributed by atoms with Gasteiger partial charge in [-0.15, -0.1) is 0 Å². The molecule has 3 aromatic rings. The standard InChI is InChI=1S/C18H23N7O/c1-18(2,3)14-5-6-15(26)25(22-14)10-12-8-24(9-12)17-13-7-21-23(4)16(13)19-11-20-17/h5-7,11-12H,8-10H2,1-4H3. The maximum Gasteiger partial charge on any atom is 0.266 e. The van der Waals surface area contributed by atoms with E-state index in [1.54, 1.807) is 28.0 Å². The van der Waals surface area contributed by atoms with Crippen LogP contribution in [0.25, 0.3) is 11.0 Å². The Morgan fingerprint density at radius 2 is 1.96 bits per heavy atom. The Hall–Kier alpha value is -2.77. The number of hydrogen-bond acceptors (Lipinski definition) is 6. The van der Waals surface area contributed by atoms with E-state index in [2.05, 4.69) is 45.8 Å². The van der Waals surface area contributed by atoms with E-state index in [4.69, 9.17) is 0 Å². The molecule has 0 radical (unpaired) electrons. The average Bonchev–Trinajstić information content (AvgIpc) is 2.93. The van der Waals surface area contributed by atoms with Crippen molar-refractivity contribution in [2.45, 2.75) is 32.7 Å². The third-order valence-corrected chi connectivity index (χ3v) is 4.83. The molecule has 0 spiro atoms. The molecule has 0 unspecified atom stereocenters. The van der Waals surface area contributed by atoms with E-state index in [-0.39, 0.29) is 11.0 Å². The van der Waals surface area contributed by atoms with Gasteiger partial charge in [0, 0.05) is 37.5 Å². The van der Waals surface area contributed by atoms with Gasteiger partial charge < -0.3 is 4.90 Å². The summed E-state index contributed by atoms with van der Waals surface area (Å²) >= 11 is 0. The van der Waals surface area contributed by atoms with Gasteiger partial charge in [-0.1, -0.05) is 20.8 Å². The highest BCUT2D eigenvalue weighted by Crippen LogP contribution is 2.29. The van der Waals surface area contributed by atoms with Gasteiger partial charge in [-0.05, 0) is 6.07 Å². The Kier molecular flexibility index (Phi) is 3.78. The van der Waals surface area contributed by atoms with E-state index in [0.717, 1.165) is 35.6 Å². The second-order valence-electron chi connectivity index (χ2n) is 7.96. The van der Waals surface area contributed by atoms with E-state index >= 15 is 0 Å². The van der Waals surface area contributed by atoms with Crippen molar-refractivity contribution in [3.05, 3.63) is 40.7 Å². The molecule has 136 valence electrons. The van der Waals surface area contributed by atoms with Crippen LogP contribution in [-0.4, -0.2) is 42.6 Å². The first-order valence-electron chi connectivity index (χ1n) is 8.79. The first-order chi connectivity index (χ1) is 12.3. The fourth-order valence-corrected chi connectivity index (χ4v) is 3.28. The molecule has 0 saturated carbocycles. The minimum Gasteiger partial charge on any atom is -0.355 e. The quantitative estimate of drug-likeness (QED) is 0.707. The molecule has 0 N–H and O–H groups in total. The van der Waals surface area contributed by atoms with Crippen LogP contribution in [0.1, 0.15) is 26.5 Å². The molecule has 8 heteroatoms. The van der Waals surface area contributed by atoms with E-state index < -0.39 is 0 Å². The van der Waals surface area contributed by atoms with Crippen molar-refractivity contribution < 1.29 is 0 Å². The van der Waals surface area contributed by atoms with Crippen LogP contribution >= 0.6 is 0 Å². The highest BCUT2D eigenvalue weighted by molar-refractivity contribution is 5.86. The van der Waals surface area contributed by atoms with Crippen molar-refractivity contribution in [2.24, 2.45) is 13.0 Å². The van der Waals surface area contributed by atoms with E-state index in [0.29, 0.717) is 12.5 Å². The highest BCUT2D eigenvalue weighted by atomic mass is 16.1. The predicted octanol–water partition coefficient (Wildman–Crippen LogP) is 1.35. The second-order valence-corrected chi connectivity index (χ2v) is 7.96. The van der Waals surface area contributed by atoms with Gasteiger partial charge in [0.2, 0.25) is 0 Å². The van der Waals surface area contributed by atoms with Crippen molar-refractivity contribution >= 4 is 16.9 Å². The Balaban J connectivity index is 1.50. The minimum atomic E-state index is -0.0754. The number of rotatable bonds is 3. The summed E-state index contributed by atoms with van der Waals surface area (Å²) in [4.78, 5) is 23.1. The molecule has 26 heavy (non-hydrogen) atoms. The summed E-state index contributed by atoms with van der Waals surface area (Å²) < 4.78 is 3.35. The smallest absolute Gasteiger partial charge is 0.266 e. The Bertz CT molecular complexity index is 1010. The summed E-state index contributed by atoms with van der Waals surface area (Å²) in [5.74, 6) is 1.28. The van der Waals surface area contributed by atoms with Gasteiger partial charge in [0.1, 0.15) is 12.1 Å². The van der Waals surface area contributed by atoms with Crippen LogP contribution in [0.4, 0.5) is 5.82 Å². The van der Waals surface area contributed by atoms with Crippen molar-refractivity contribution in [1.82, 2.24) is 29.5 Å². The van der Waals surface area contributed by atoms with Gasteiger partial charge in [-0.2, -0.15) is 10.2 Å². The van der Waals surface area contributed by atoms with Crippen molar-refractivity contribution in [3.63, 3.8) is 0 Å². The molecular weight excluding hydrogens is 330 g/mol. The number of fused-ring (bicyclic) bond motifs is 1. The van der Waals surface area contributed by atoms with Crippen LogP contribution < -0.4 is 10.5 Å². The van der Waals surface area contributed by atoms with Crippen LogP contribution in [0.3, 0.4) is 0 Å². The molecule has 0 atom stereocenters. The summed E-state index contributed by atoms with van der Waals surface area (Å²) in [6.07, 6.45) is 3.38. The molecule has 0 aliphatic carbocycles. The first kappa shape index (κ1) is 16.7. The minimum absolute atomic E-state index is 0.0480. The number of hydrogen-bond donors (Lipinski definition) is 0. The third kappa shape index (κ3) is 2.85. The van der Waals surface area contributed by atoms with Gasteiger partial charge in [-0.3, -0.25) is 9.48 Å². The molecule has 1 saturated heterocycles. The molecule has 1 fully saturated rings. The lowest BCUT2D eigenvalue weighted by molar-refractivity contribution is 0.328. The molecule has 4 rings (SSSR count). The van der Waals surface area contributed by atoms with E-state index in [1.807, 2.05) is 13.1 Å².